The molecule has 0 radical (unpaired) electrons. The number of carbonyl (C=O) groups excluding carboxylic acids is 1. The molecule has 8 nitrogen and oxygen atoms in total. The van der Waals surface area contributed by atoms with E-state index in [9.17, 15) is 13.2 Å². The summed E-state index contributed by atoms with van der Waals surface area (Å²) in [5.74, 6) is 1.78. The number of fused-ring (bicyclic) bond motifs is 2. The smallest absolute Gasteiger partial charge is 0.279 e. The molecular weight excluding hydrogens is 440 g/mol. The van der Waals surface area contributed by atoms with Crippen LogP contribution in [0.2, 0.25) is 0 Å². The maximum absolute atomic E-state index is 12.8. The van der Waals surface area contributed by atoms with E-state index in [0.717, 1.165) is 5.56 Å². The molecule has 2 atom stereocenters. The van der Waals surface area contributed by atoms with Crippen molar-refractivity contribution in [1.82, 2.24) is 4.90 Å². The number of hydrogen-bond acceptors (Lipinski definition) is 7. The van der Waals surface area contributed by atoms with E-state index in [1.807, 2.05) is 23.1 Å². The van der Waals surface area contributed by atoms with Crippen molar-refractivity contribution in [3.8, 4) is 17.2 Å². The molecule has 2 aromatic carbocycles. The minimum atomic E-state index is -3.11. The van der Waals surface area contributed by atoms with Gasteiger partial charge in [-0.15, -0.1) is 0 Å². The predicted molar refractivity (Wildman–Crippen MR) is 117 cm³/mol. The summed E-state index contributed by atoms with van der Waals surface area (Å²) in [6, 6.07) is 12.2. The first-order chi connectivity index (χ1) is 14.9. The number of carbonyl (C=O) groups is 1. The van der Waals surface area contributed by atoms with Crippen molar-refractivity contribution in [3.05, 3.63) is 53.6 Å². The van der Waals surface area contributed by atoms with Crippen LogP contribution in [-0.2, 0) is 16.4 Å². The largest absolute Gasteiger partial charge is 0.497 e. The van der Waals surface area contributed by atoms with E-state index in [2.05, 4.69) is 4.99 Å². The molecule has 31 heavy (non-hydrogen) atoms. The molecule has 0 unspecified atom stereocenters. The molecule has 0 aromatic heterocycles. The third-order valence-electron chi connectivity index (χ3n) is 5.50. The molecule has 3 aliphatic heterocycles. The number of hydrogen-bond donors (Lipinski definition) is 0. The molecule has 0 spiro atoms. The number of methoxy groups -OCH3 is 1. The zero-order valence-electron chi connectivity index (χ0n) is 16.7. The summed E-state index contributed by atoms with van der Waals surface area (Å²) in [6.45, 7) is 0.611. The third kappa shape index (κ3) is 3.97. The highest BCUT2D eigenvalue weighted by molar-refractivity contribution is 8.15. The summed E-state index contributed by atoms with van der Waals surface area (Å²) in [4.78, 5) is 19.1. The van der Waals surface area contributed by atoms with Crippen molar-refractivity contribution in [2.45, 2.75) is 17.8 Å². The Hall–Kier alpha value is -2.72. The van der Waals surface area contributed by atoms with Crippen LogP contribution < -0.4 is 14.2 Å². The van der Waals surface area contributed by atoms with Gasteiger partial charge >= 0.3 is 0 Å². The topological polar surface area (TPSA) is 94.5 Å². The molecule has 3 aliphatic rings. The average Bonchev–Trinajstić information content (AvgIpc) is 3.41. The van der Waals surface area contributed by atoms with Gasteiger partial charge < -0.3 is 19.1 Å². The molecule has 3 heterocycles. The number of rotatable bonds is 4. The number of aliphatic imine (C=N–C) groups is 1. The van der Waals surface area contributed by atoms with Gasteiger partial charge in [0.25, 0.3) is 5.91 Å². The number of amidine groups is 1. The molecule has 2 fully saturated rings. The first-order valence-electron chi connectivity index (χ1n) is 9.71. The minimum absolute atomic E-state index is 0.0605. The Balaban J connectivity index is 1.43. The van der Waals surface area contributed by atoms with Crippen LogP contribution in [0.1, 0.15) is 15.9 Å². The lowest BCUT2D eigenvalue weighted by atomic mass is 10.1. The number of amides is 1. The van der Waals surface area contributed by atoms with Crippen LogP contribution in [0.3, 0.4) is 0 Å². The molecule has 0 saturated carbocycles. The van der Waals surface area contributed by atoms with E-state index < -0.39 is 9.84 Å². The van der Waals surface area contributed by atoms with Crippen molar-refractivity contribution < 1.29 is 27.4 Å². The number of ether oxygens (including phenoxy) is 3. The number of thioether (sulfide) groups is 1. The molecule has 5 rings (SSSR count). The summed E-state index contributed by atoms with van der Waals surface area (Å²) >= 11 is 1.36. The van der Waals surface area contributed by atoms with Crippen LogP contribution in [0.25, 0.3) is 0 Å². The molecule has 0 aliphatic carbocycles. The molecule has 0 N–H and O–H groups in total. The monoisotopic (exact) mass is 460 g/mol. The molecule has 162 valence electrons. The van der Waals surface area contributed by atoms with Crippen LogP contribution >= 0.6 is 11.8 Å². The van der Waals surface area contributed by atoms with Crippen molar-refractivity contribution in [2.24, 2.45) is 4.99 Å². The van der Waals surface area contributed by atoms with Gasteiger partial charge in [-0.25, -0.2) is 8.42 Å². The van der Waals surface area contributed by atoms with Gasteiger partial charge in [-0.3, -0.25) is 4.79 Å². The van der Waals surface area contributed by atoms with E-state index in [0.29, 0.717) is 34.5 Å². The van der Waals surface area contributed by atoms with E-state index in [-0.39, 0.29) is 35.5 Å². The van der Waals surface area contributed by atoms with Crippen LogP contribution in [0.15, 0.2) is 47.5 Å². The van der Waals surface area contributed by atoms with Crippen molar-refractivity contribution in [3.63, 3.8) is 0 Å². The molecule has 0 bridgehead atoms. The van der Waals surface area contributed by atoms with E-state index in [4.69, 9.17) is 14.2 Å². The molecule has 1 amide bonds. The maximum atomic E-state index is 12.8. The van der Waals surface area contributed by atoms with Crippen LogP contribution in [-0.4, -0.2) is 61.1 Å². The zero-order valence-corrected chi connectivity index (χ0v) is 18.3. The van der Waals surface area contributed by atoms with Crippen LogP contribution in [0, 0.1) is 0 Å². The van der Waals surface area contributed by atoms with Gasteiger partial charge in [-0.2, -0.15) is 4.99 Å². The van der Waals surface area contributed by atoms with Gasteiger partial charge in [0, 0.05) is 17.4 Å². The fraction of sp³-hybridized carbons (Fsp3) is 0.333. The first-order valence-corrected chi connectivity index (χ1v) is 12.4. The van der Waals surface area contributed by atoms with E-state index in [1.165, 1.54) is 11.8 Å². The fourth-order valence-corrected chi connectivity index (χ4v) is 7.89. The van der Waals surface area contributed by atoms with Gasteiger partial charge in [0.2, 0.25) is 6.79 Å². The number of benzene rings is 2. The van der Waals surface area contributed by atoms with Gasteiger partial charge in [0.1, 0.15) is 5.75 Å². The summed E-state index contributed by atoms with van der Waals surface area (Å²) in [6.07, 6.45) is 0. The van der Waals surface area contributed by atoms with Crippen LogP contribution in [0.4, 0.5) is 0 Å². The summed E-state index contributed by atoms with van der Waals surface area (Å²) in [5.41, 5.74) is 1.38. The van der Waals surface area contributed by atoms with E-state index in [1.54, 1.807) is 31.4 Å². The van der Waals surface area contributed by atoms with Gasteiger partial charge in [-0.05, 0) is 42.0 Å². The van der Waals surface area contributed by atoms with E-state index >= 15 is 0 Å². The Labute approximate surface area is 184 Å². The lowest BCUT2D eigenvalue weighted by Crippen LogP contribution is -2.37. The third-order valence-corrected chi connectivity index (χ3v) is 8.75. The highest BCUT2D eigenvalue weighted by Gasteiger charge is 2.48. The van der Waals surface area contributed by atoms with Gasteiger partial charge in [0.05, 0.1) is 24.7 Å². The quantitative estimate of drug-likeness (QED) is 0.686. The maximum Gasteiger partial charge on any atom is 0.279 e. The number of nitrogens with zero attached hydrogens (tertiary/aromatic N) is 2. The predicted octanol–water partition coefficient (Wildman–Crippen LogP) is 2.33. The molecule has 2 aromatic rings. The second-order valence-corrected chi connectivity index (χ2v) is 10.9. The van der Waals surface area contributed by atoms with Gasteiger partial charge in [0.15, 0.2) is 26.5 Å². The molecule has 10 heteroatoms. The summed E-state index contributed by atoms with van der Waals surface area (Å²) in [7, 11) is -1.55. The Morgan fingerprint density at radius 1 is 1.16 bits per heavy atom. The fourth-order valence-electron chi connectivity index (χ4n) is 3.94. The highest BCUT2D eigenvalue weighted by atomic mass is 32.2. The zero-order chi connectivity index (χ0) is 21.6. The Bertz CT molecular complexity index is 1160. The Morgan fingerprint density at radius 3 is 2.71 bits per heavy atom. The second kappa shape index (κ2) is 7.76. The van der Waals surface area contributed by atoms with Crippen LogP contribution in [0.5, 0.6) is 17.2 Å². The number of sulfone groups is 1. The van der Waals surface area contributed by atoms with Gasteiger partial charge in [-0.1, -0.05) is 17.8 Å². The van der Waals surface area contributed by atoms with Crippen molar-refractivity contribution in [1.29, 1.82) is 0 Å². The minimum Gasteiger partial charge on any atom is -0.497 e. The highest BCUT2D eigenvalue weighted by Crippen LogP contribution is 2.40. The second-order valence-electron chi connectivity index (χ2n) is 7.54. The summed E-state index contributed by atoms with van der Waals surface area (Å²) < 4.78 is 40.4. The Morgan fingerprint density at radius 2 is 1.94 bits per heavy atom. The average molecular weight is 461 g/mol. The SMILES string of the molecule is COc1ccc(C(=O)N=C2S[C@@H]3CS(=O)(=O)C[C@@H]3N2Cc2ccc3c(c2)OCO3)cc1. The lowest BCUT2D eigenvalue weighted by molar-refractivity contribution is 0.100. The standard InChI is InChI=1S/C21H20N2O6S2/c1-27-15-5-3-14(4-6-15)20(24)22-21-23(16-10-31(25,26)11-19(16)30-21)9-13-2-7-17-18(8-13)29-12-28-17/h2-8,16,19H,9-12H2,1H3/t16-,19+/m0/s1. The lowest BCUT2D eigenvalue weighted by Gasteiger charge is -2.24. The Kier molecular flexibility index (Phi) is 5.05. The first kappa shape index (κ1) is 20.2. The molecular formula is C21H20N2O6S2. The summed E-state index contributed by atoms with van der Waals surface area (Å²) in [5, 5.41) is 0.407. The van der Waals surface area contributed by atoms with Crippen molar-refractivity contribution in [2.75, 3.05) is 25.4 Å². The normalized spacial score (nSPS) is 24.4. The molecule has 2 saturated heterocycles. The van der Waals surface area contributed by atoms with Crippen molar-refractivity contribution >= 4 is 32.7 Å².